The van der Waals surface area contributed by atoms with E-state index in [0.29, 0.717) is 11.0 Å². The van der Waals surface area contributed by atoms with Gasteiger partial charge in [0.05, 0.1) is 19.6 Å². The topological polar surface area (TPSA) is 76.8 Å². The first-order chi connectivity index (χ1) is 13.5. The number of para-hydroxylation sites is 1. The molecule has 144 valence electrons. The maximum Gasteiger partial charge on any atom is 0.349 e. The Kier molecular flexibility index (Phi) is 5.89. The Morgan fingerprint density at radius 3 is 2.46 bits per heavy atom. The summed E-state index contributed by atoms with van der Waals surface area (Å²) >= 11 is 0. The summed E-state index contributed by atoms with van der Waals surface area (Å²) in [7, 11) is 1.30. The molecular weight excluding hydrogens is 358 g/mol. The zero-order valence-corrected chi connectivity index (χ0v) is 15.8. The van der Waals surface area contributed by atoms with Crippen LogP contribution in [0.1, 0.15) is 35.3 Å². The number of fused-ring (bicyclic) bond motifs is 1. The van der Waals surface area contributed by atoms with Crippen LogP contribution >= 0.6 is 0 Å². The summed E-state index contributed by atoms with van der Waals surface area (Å²) in [6.07, 6.45) is 0.0261. The molecule has 1 aromatic heterocycles. The molecule has 1 atom stereocenters. The van der Waals surface area contributed by atoms with Crippen LogP contribution in [0.5, 0.6) is 0 Å². The maximum absolute atomic E-state index is 13.2. The van der Waals surface area contributed by atoms with Crippen LogP contribution in [-0.4, -0.2) is 30.4 Å². The lowest BCUT2D eigenvalue weighted by Gasteiger charge is -2.29. The summed E-state index contributed by atoms with van der Waals surface area (Å²) in [5.41, 5.74) is 0.547. The van der Waals surface area contributed by atoms with Crippen LogP contribution in [0.3, 0.4) is 0 Å². The minimum atomic E-state index is -0.702. The van der Waals surface area contributed by atoms with Crippen molar-refractivity contribution in [3.8, 4) is 0 Å². The minimum Gasteiger partial charge on any atom is -0.469 e. The van der Waals surface area contributed by atoms with Gasteiger partial charge >= 0.3 is 11.6 Å². The zero-order chi connectivity index (χ0) is 20.1. The molecule has 0 aliphatic heterocycles. The molecule has 0 spiro atoms. The molecule has 0 saturated heterocycles. The Bertz CT molecular complexity index is 1040. The van der Waals surface area contributed by atoms with Gasteiger partial charge in [-0.3, -0.25) is 9.59 Å². The lowest BCUT2D eigenvalue weighted by atomic mass is 10.1. The molecule has 28 heavy (non-hydrogen) atoms. The van der Waals surface area contributed by atoms with Gasteiger partial charge in [0.15, 0.2) is 0 Å². The monoisotopic (exact) mass is 379 g/mol. The number of methoxy groups -OCH3 is 1. The average Bonchev–Trinajstić information content (AvgIpc) is 2.73. The van der Waals surface area contributed by atoms with Crippen molar-refractivity contribution in [3.63, 3.8) is 0 Å². The number of ether oxygens (including phenoxy) is 1. The molecule has 0 aliphatic rings. The quantitative estimate of drug-likeness (QED) is 0.483. The highest BCUT2D eigenvalue weighted by atomic mass is 16.5. The Morgan fingerprint density at radius 1 is 1.07 bits per heavy atom. The highest BCUT2D eigenvalue weighted by molar-refractivity contribution is 5.97. The third-order valence-electron chi connectivity index (χ3n) is 4.67. The largest absolute Gasteiger partial charge is 0.469 e. The molecule has 0 N–H and O–H groups in total. The number of carbonyl (C=O) groups is 2. The van der Waals surface area contributed by atoms with Gasteiger partial charge in [0, 0.05) is 11.9 Å². The van der Waals surface area contributed by atoms with Gasteiger partial charge in [-0.2, -0.15) is 0 Å². The molecule has 0 bridgehead atoms. The number of rotatable bonds is 6. The van der Waals surface area contributed by atoms with Crippen molar-refractivity contribution in [2.75, 3.05) is 13.7 Å². The van der Waals surface area contributed by atoms with Crippen LogP contribution in [0.15, 0.2) is 69.9 Å². The summed E-state index contributed by atoms with van der Waals surface area (Å²) in [6.45, 7) is 1.97. The third-order valence-corrected chi connectivity index (χ3v) is 4.67. The fourth-order valence-electron chi connectivity index (χ4n) is 3.06. The van der Waals surface area contributed by atoms with E-state index in [2.05, 4.69) is 0 Å². The third kappa shape index (κ3) is 4.11. The van der Waals surface area contributed by atoms with Crippen molar-refractivity contribution in [1.82, 2.24) is 4.90 Å². The van der Waals surface area contributed by atoms with Crippen molar-refractivity contribution >= 4 is 22.8 Å². The van der Waals surface area contributed by atoms with Crippen LogP contribution in [0.2, 0.25) is 0 Å². The van der Waals surface area contributed by atoms with E-state index in [9.17, 15) is 14.4 Å². The number of hydrogen-bond acceptors (Lipinski definition) is 5. The molecule has 2 aromatic carbocycles. The van der Waals surface area contributed by atoms with Gasteiger partial charge in [-0.05, 0) is 24.6 Å². The van der Waals surface area contributed by atoms with E-state index in [4.69, 9.17) is 9.15 Å². The fraction of sp³-hybridized carbons (Fsp3) is 0.227. The maximum atomic E-state index is 13.2. The van der Waals surface area contributed by atoms with E-state index in [0.717, 1.165) is 5.56 Å². The van der Waals surface area contributed by atoms with Gasteiger partial charge in [0.25, 0.3) is 5.91 Å². The second-order valence-corrected chi connectivity index (χ2v) is 6.40. The van der Waals surface area contributed by atoms with Gasteiger partial charge in [-0.1, -0.05) is 48.5 Å². The molecule has 6 nitrogen and oxygen atoms in total. The van der Waals surface area contributed by atoms with Crippen LogP contribution < -0.4 is 5.63 Å². The number of amides is 1. The zero-order valence-electron chi connectivity index (χ0n) is 15.8. The Labute approximate surface area is 162 Å². The van der Waals surface area contributed by atoms with Crippen molar-refractivity contribution in [2.24, 2.45) is 0 Å². The molecule has 0 fully saturated rings. The van der Waals surface area contributed by atoms with E-state index in [-0.39, 0.29) is 24.6 Å². The first-order valence-electron chi connectivity index (χ1n) is 8.97. The smallest absolute Gasteiger partial charge is 0.349 e. The van der Waals surface area contributed by atoms with Crippen molar-refractivity contribution in [1.29, 1.82) is 0 Å². The predicted octanol–water partition coefficient (Wildman–Crippen LogP) is 3.56. The van der Waals surface area contributed by atoms with E-state index >= 15 is 0 Å². The SMILES string of the molecule is COC(=O)CCN(C(=O)c1cc2ccccc2oc1=O)C(C)c1ccccc1. The summed E-state index contributed by atoms with van der Waals surface area (Å²) in [5, 5.41) is 0.658. The summed E-state index contributed by atoms with van der Waals surface area (Å²) in [6, 6.07) is 17.6. The normalized spacial score (nSPS) is 11.8. The number of nitrogens with zero attached hydrogens (tertiary/aromatic N) is 1. The number of carbonyl (C=O) groups excluding carboxylic acids is 2. The van der Waals surface area contributed by atoms with Crippen molar-refractivity contribution in [3.05, 3.63) is 82.2 Å². The molecule has 1 unspecified atom stereocenters. The molecule has 1 amide bonds. The van der Waals surface area contributed by atoms with E-state index in [1.165, 1.54) is 18.1 Å². The van der Waals surface area contributed by atoms with Crippen molar-refractivity contribution in [2.45, 2.75) is 19.4 Å². The van der Waals surface area contributed by atoms with Crippen LogP contribution in [0, 0.1) is 0 Å². The number of hydrogen-bond donors (Lipinski definition) is 0. The number of esters is 1. The molecule has 6 heteroatoms. The van der Waals surface area contributed by atoms with Crippen LogP contribution in [0.4, 0.5) is 0 Å². The highest BCUT2D eigenvalue weighted by Gasteiger charge is 2.26. The van der Waals surface area contributed by atoms with Crippen molar-refractivity contribution < 1.29 is 18.7 Å². The predicted molar refractivity (Wildman–Crippen MR) is 105 cm³/mol. The Balaban J connectivity index is 1.99. The molecule has 3 aromatic rings. The molecule has 3 rings (SSSR count). The minimum absolute atomic E-state index is 0.0261. The standard InChI is InChI=1S/C22H21NO5/c1-15(16-8-4-3-5-9-16)23(13-12-20(24)27-2)21(25)18-14-17-10-6-7-11-19(17)28-22(18)26/h3-11,14-15H,12-13H2,1-2H3. The van der Waals surface area contributed by atoms with E-state index in [1.807, 2.05) is 37.3 Å². The molecule has 1 heterocycles. The van der Waals surface area contributed by atoms with E-state index < -0.39 is 17.5 Å². The first-order valence-corrected chi connectivity index (χ1v) is 8.97. The van der Waals surface area contributed by atoms with Gasteiger partial charge in [0.1, 0.15) is 11.1 Å². The first kappa shape index (κ1) is 19.4. The van der Waals surface area contributed by atoms with Crippen LogP contribution in [0.25, 0.3) is 11.0 Å². The molecule has 0 aliphatic carbocycles. The average molecular weight is 379 g/mol. The summed E-state index contributed by atoms with van der Waals surface area (Å²) in [5.74, 6) is -0.914. The second kappa shape index (κ2) is 8.52. The fourth-order valence-corrected chi connectivity index (χ4v) is 3.06. The number of benzene rings is 2. The summed E-state index contributed by atoms with van der Waals surface area (Å²) in [4.78, 5) is 38.8. The molecule has 0 radical (unpaired) electrons. The lowest BCUT2D eigenvalue weighted by molar-refractivity contribution is -0.140. The summed E-state index contributed by atoms with van der Waals surface area (Å²) < 4.78 is 10.00. The second-order valence-electron chi connectivity index (χ2n) is 6.40. The van der Waals surface area contributed by atoms with E-state index in [1.54, 1.807) is 24.3 Å². The molecular formula is C22H21NO5. The Hall–Kier alpha value is -3.41. The highest BCUT2D eigenvalue weighted by Crippen LogP contribution is 2.23. The lowest BCUT2D eigenvalue weighted by Crippen LogP contribution is -2.37. The Morgan fingerprint density at radius 2 is 1.75 bits per heavy atom. The van der Waals surface area contributed by atoms with Gasteiger partial charge in [0.2, 0.25) is 0 Å². The van der Waals surface area contributed by atoms with Crippen LogP contribution in [-0.2, 0) is 9.53 Å². The molecule has 0 saturated carbocycles. The van der Waals surface area contributed by atoms with Gasteiger partial charge in [-0.15, -0.1) is 0 Å². The van der Waals surface area contributed by atoms with Gasteiger partial charge in [-0.25, -0.2) is 4.79 Å². The van der Waals surface area contributed by atoms with Gasteiger partial charge < -0.3 is 14.1 Å².